The third-order valence-electron chi connectivity index (χ3n) is 3.98. The van der Waals surface area contributed by atoms with Crippen LogP contribution in [-0.2, 0) is 4.74 Å². The van der Waals surface area contributed by atoms with Crippen molar-refractivity contribution < 1.29 is 9.53 Å². The molecule has 0 spiro atoms. The first-order valence-corrected chi connectivity index (χ1v) is 8.38. The molecule has 1 saturated heterocycles. The molecule has 5 heteroatoms. The third kappa shape index (κ3) is 3.57. The van der Waals surface area contributed by atoms with Gasteiger partial charge in [0.15, 0.2) is 0 Å². The van der Waals surface area contributed by atoms with Crippen LogP contribution in [0.2, 0.25) is 0 Å². The van der Waals surface area contributed by atoms with Crippen LogP contribution >= 0.6 is 0 Å². The minimum absolute atomic E-state index is 0.169. The van der Waals surface area contributed by atoms with E-state index in [4.69, 9.17) is 4.74 Å². The van der Waals surface area contributed by atoms with Gasteiger partial charge in [0.05, 0.1) is 6.10 Å². The molecule has 1 fully saturated rings. The van der Waals surface area contributed by atoms with Crippen molar-refractivity contribution in [1.82, 2.24) is 10.3 Å². The van der Waals surface area contributed by atoms with Crippen molar-refractivity contribution >= 4 is 11.8 Å². The van der Waals surface area contributed by atoms with Gasteiger partial charge in [-0.1, -0.05) is 30.3 Å². The number of rotatable bonds is 4. The molecule has 0 saturated carbocycles. The van der Waals surface area contributed by atoms with Crippen molar-refractivity contribution in [3.05, 3.63) is 48.2 Å². The molecule has 5 nitrogen and oxygen atoms in total. The fraction of sp³-hybridized carbons (Fsp3) is 0.368. The topological polar surface area (TPSA) is 54.5 Å². The van der Waals surface area contributed by atoms with E-state index in [0.29, 0.717) is 11.4 Å². The predicted octanol–water partition coefficient (Wildman–Crippen LogP) is 2.72. The van der Waals surface area contributed by atoms with Gasteiger partial charge in [-0.25, -0.2) is 9.78 Å². The minimum atomic E-state index is -0.314. The van der Waals surface area contributed by atoms with Gasteiger partial charge < -0.3 is 15.0 Å². The smallest absolute Gasteiger partial charge is 0.342 e. The molecule has 1 aromatic heterocycles. The quantitative estimate of drug-likeness (QED) is 0.876. The molecular formula is C19H23N3O2. The van der Waals surface area contributed by atoms with E-state index < -0.39 is 0 Å². The molecule has 126 valence electrons. The normalized spacial score (nSPS) is 14.7. The second-order valence-electron chi connectivity index (χ2n) is 6.11. The van der Waals surface area contributed by atoms with E-state index in [1.165, 1.54) is 0 Å². The summed E-state index contributed by atoms with van der Waals surface area (Å²) in [7, 11) is 0. The summed E-state index contributed by atoms with van der Waals surface area (Å²) >= 11 is 0. The molecule has 24 heavy (non-hydrogen) atoms. The van der Waals surface area contributed by atoms with Gasteiger partial charge in [-0.05, 0) is 25.5 Å². The largest absolute Gasteiger partial charge is 0.459 e. The molecule has 1 N–H and O–H groups in total. The number of piperazine rings is 1. The van der Waals surface area contributed by atoms with Gasteiger partial charge in [0, 0.05) is 37.9 Å². The van der Waals surface area contributed by atoms with E-state index in [1.807, 2.05) is 50.2 Å². The predicted molar refractivity (Wildman–Crippen MR) is 95.3 cm³/mol. The van der Waals surface area contributed by atoms with Crippen LogP contribution in [0.5, 0.6) is 0 Å². The number of hydrogen-bond donors (Lipinski definition) is 1. The van der Waals surface area contributed by atoms with Crippen LogP contribution in [-0.4, -0.2) is 43.2 Å². The van der Waals surface area contributed by atoms with Gasteiger partial charge in [-0.3, -0.25) is 0 Å². The Labute approximate surface area is 142 Å². The number of anilines is 1. The summed E-state index contributed by atoms with van der Waals surface area (Å²) < 4.78 is 5.51. The zero-order valence-electron chi connectivity index (χ0n) is 14.2. The fourth-order valence-corrected chi connectivity index (χ4v) is 2.90. The molecule has 0 unspecified atom stereocenters. The molecule has 0 aliphatic carbocycles. The molecular weight excluding hydrogens is 302 g/mol. The second-order valence-corrected chi connectivity index (χ2v) is 6.11. The highest BCUT2D eigenvalue weighted by Gasteiger charge is 2.25. The third-order valence-corrected chi connectivity index (χ3v) is 3.98. The first kappa shape index (κ1) is 16.5. The Hall–Kier alpha value is -2.40. The number of carbonyl (C=O) groups is 1. The summed E-state index contributed by atoms with van der Waals surface area (Å²) in [4.78, 5) is 19.5. The molecule has 2 heterocycles. The maximum Gasteiger partial charge on any atom is 0.342 e. The number of ether oxygens (including phenoxy) is 1. The Morgan fingerprint density at radius 1 is 1.17 bits per heavy atom. The molecule has 0 bridgehead atoms. The summed E-state index contributed by atoms with van der Waals surface area (Å²) in [6.45, 7) is 7.15. The molecule has 1 aliphatic heterocycles. The highest BCUT2D eigenvalue weighted by atomic mass is 16.5. The number of pyridine rings is 1. The van der Waals surface area contributed by atoms with Crippen LogP contribution in [0.4, 0.5) is 5.82 Å². The number of carbonyl (C=O) groups excluding carboxylic acids is 1. The van der Waals surface area contributed by atoms with Gasteiger partial charge in [0.25, 0.3) is 0 Å². The molecule has 3 rings (SSSR count). The lowest BCUT2D eigenvalue weighted by Gasteiger charge is -2.30. The first-order valence-electron chi connectivity index (χ1n) is 8.38. The Bertz CT molecular complexity index is 695. The highest BCUT2D eigenvalue weighted by Crippen LogP contribution is 2.31. The summed E-state index contributed by atoms with van der Waals surface area (Å²) in [5.41, 5.74) is 2.41. The molecule has 1 aromatic carbocycles. The van der Waals surface area contributed by atoms with Crippen LogP contribution < -0.4 is 10.2 Å². The average Bonchev–Trinajstić information content (AvgIpc) is 2.62. The van der Waals surface area contributed by atoms with Gasteiger partial charge in [-0.15, -0.1) is 0 Å². The summed E-state index contributed by atoms with van der Waals surface area (Å²) in [6, 6.07) is 11.8. The van der Waals surface area contributed by atoms with Crippen LogP contribution in [0.1, 0.15) is 24.2 Å². The fourth-order valence-electron chi connectivity index (χ4n) is 2.90. The van der Waals surface area contributed by atoms with Crippen molar-refractivity contribution in [1.29, 1.82) is 0 Å². The molecule has 2 aromatic rings. The minimum Gasteiger partial charge on any atom is -0.459 e. The highest BCUT2D eigenvalue weighted by molar-refractivity contribution is 6.02. The molecule has 0 radical (unpaired) electrons. The Kier molecular flexibility index (Phi) is 5.11. The van der Waals surface area contributed by atoms with E-state index in [2.05, 4.69) is 15.2 Å². The van der Waals surface area contributed by atoms with E-state index in [0.717, 1.165) is 37.3 Å². The maximum atomic E-state index is 12.8. The van der Waals surface area contributed by atoms with Crippen molar-refractivity contribution in [2.75, 3.05) is 31.1 Å². The number of hydrogen-bond acceptors (Lipinski definition) is 5. The summed E-state index contributed by atoms with van der Waals surface area (Å²) in [5.74, 6) is 0.397. The Morgan fingerprint density at radius 2 is 1.88 bits per heavy atom. The van der Waals surface area contributed by atoms with Crippen LogP contribution in [0.15, 0.2) is 42.6 Å². The van der Waals surface area contributed by atoms with Crippen molar-refractivity contribution in [2.24, 2.45) is 0 Å². The standard InChI is InChI=1S/C19H23N3O2/c1-14(2)24-19(23)17-16(15-6-4-3-5-7-15)8-9-21-18(17)22-12-10-20-11-13-22/h3-9,14,20H,10-13H2,1-2H3. The number of nitrogens with zero attached hydrogens (tertiary/aromatic N) is 2. The monoisotopic (exact) mass is 325 g/mol. The second kappa shape index (κ2) is 7.45. The lowest BCUT2D eigenvalue weighted by atomic mass is 10.0. The van der Waals surface area contributed by atoms with E-state index in [1.54, 1.807) is 6.20 Å². The summed E-state index contributed by atoms with van der Waals surface area (Å²) in [5, 5.41) is 3.33. The molecule has 0 amide bonds. The SMILES string of the molecule is CC(C)OC(=O)c1c(-c2ccccc2)ccnc1N1CCNCC1. The lowest BCUT2D eigenvalue weighted by molar-refractivity contribution is 0.0379. The van der Waals surface area contributed by atoms with Crippen molar-refractivity contribution in [3.63, 3.8) is 0 Å². The van der Waals surface area contributed by atoms with Crippen molar-refractivity contribution in [3.8, 4) is 11.1 Å². The van der Waals surface area contributed by atoms with Gasteiger partial charge >= 0.3 is 5.97 Å². The van der Waals surface area contributed by atoms with E-state index in [-0.39, 0.29) is 12.1 Å². The van der Waals surface area contributed by atoms with Crippen molar-refractivity contribution in [2.45, 2.75) is 20.0 Å². The number of aromatic nitrogens is 1. The Balaban J connectivity index is 2.09. The molecule has 0 atom stereocenters. The zero-order chi connectivity index (χ0) is 16.9. The number of nitrogens with one attached hydrogen (secondary N) is 1. The zero-order valence-corrected chi connectivity index (χ0v) is 14.2. The van der Waals surface area contributed by atoms with Crippen LogP contribution in [0, 0.1) is 0 Å². The maximum absolute atomic E-state index is 12.8. The number of esters is 1. The lowest BCUT2D eigenvalue weighted by Crippen LogP contribution is -2.44. The van der Waals surface area contributed by atoms with Gasteiger partial charge in [-0.2, -0.15) is 0 Å². The number of benzene rings is 1. The Morgan fingerprint density at radius 3 is 2.54 bits per heavy atom. The molecule has 1 aliphatic rings. The van der Waals surface area contributed by atoms with E-state index >= 15 is 0 Å². The summed E-state index contributed by atoms with van der Waals surface area (Å²) in [6.07, 6.45) is 1.60. The first-order chi connectivity index (χ1) is 11.7. The van der Waals surface area contributed by atoms with Crippen LogP contribution in [0.3, 0.4) is 0 Å². The van der Waals surface area contributed by atoms with Gasteiger partial charge in [0.1, 0.15) is 11.4 Å². The van der Waals surface area contributed by atoms with E-state index in [9.17, 15) is 4.79 Å². The van der Waals surface area contributed by atoms with Gasteiger partial charge in [0.2, 0.25) is 0 Å². The van der Waals surface area contributed by atoms with Crippen LogP contribution in [0.25, 0.3) is 11.1 Å². The average molecular weight is 325 g/mol.